The van der Waals surface area contributed by atoms with Gasteiger partial charge in [-0.1, -0.05) is 19.4 Å². The minimum atomic E-state index is -0.182. The number of hydrogen-bond donors (Lipinski definition) is 0. The minimum Gasteiger partial charge on any atom is -0.299 e. The van der Waals surface area contributed by atoms with Gasteiger partial charge in [0.15, 0.2) is 0 Å². The Morgan fingerprint density at radius 2 is 2.06 bits per heavy atom. The fraction of sp³-hybridized carbons (Fsp3) is 0.571. The van der Waals surface area contributed by atoms with Crippen LogP contribution in [0.2, 0.25) is 0 Å². The summed E-state index contributed by atoms with van der Waals surface area (Å²) in [5, 5.41) is 0. The first kappa shape index (κ1) is 13.0. The van der Waals surface area contributed by atoms with Gasteiger partial charge in [0.25, 0.3) is 0 Å². The highest BCUT2D eigenvalue weighted by molar-refractivity contribution is 9.10. The number of hydrogen-bond acceptors (Lipinski definition) is 1. The molecule has 0 aromatic heterocycles. The summed E-state index contributed by atoms with van der Waals surface area (Å²) in [6, 6.07) is 5.31. The molecule has 1 nitrogen and oxygen atoms in total. The summed E-state index contributed by atoms with van der Waals surface area (Å²) < 4.78 is 13.7. The lowest BCUT2D eigenvalue weighted by Gasteiger charge is -2.31. The average molecular weight is 300 g/mol. The second kappa shape index (κ2) is 5.96. The van der Waals surface area contributed by atoms with Gasteiger partial charge in [-0.3, -0.25) is 4.90 Å². The SMILES string of the molecule is CCC1CCN(Cc2ccc(F)c(Br)c2)CC1. The molecule has 1 saturated heterocycles. The van der Waals surface area contributed by atoms with Crippen LogP contribution < -0.4 is 0 Å². The van der Waals surface area contributed by atoms with Crippen molar-refractivity contribution in [3.05, 3.63) is 34.1 Å². The summed E-state index contributed by atoms with van der Waals surface area (Å²) in [6.07, 6.45) is 3.91. The number of rotatable bonds is 3. The maximum absolute atomic E-state index is 13.1. The third-order valence-electron chi connectivity index (χ3n) is 3.67. The zero-order valence-electron chi connectivity index (χ0n) is 10.3. The molecule has 1 heterocycles. The highest BCUT2D eigenvalue weighted by Crippen LogP contribution is 2.23. The maximum atomic E-state index is 13.1. The molecule has 0 unspecified atom stereocenters. The molecule has 1 aliphatic heterocycles. The van der Waals surface area contributed by atoms with Gasteiger partial charge < -0.3 is 0 Å². The van der Waals surface area contributed by atoms with Gasteiger partial charge in [0, 0.05) is 6.54 Å². The Hall–Kier alpha value is -0.410. The molecule has 17 heavy (non-hydrogen) atoms. The summed E-state index contributed by atoms with van der Waals surface area (Å²) in [4.78, 5) is 2.46. The Bertz CT molecular complexity index is 372. The van der Waals surface area contributed by atoms with Crippen LogP contribution in [0, 0.1) is 11.7 Å². The van der Waals surface area contributed by atoms with Crippen LogP contribution in [0.5, 0.6) is 0 Å². The third-order valence-corrected chi connectivity index (χ3v) is 4.28. The van der Waals surface area contributed by atoms with E-state index in [-0.39, 0.29) is 5.82 Å². The van der Waals surface area contributed by atoms with Crippen molar-refractivity contribution < 1.29 is 4.39 Å². The quantitative estimate of drug-likeness (QED) is 0.808. The molecule has 0 saturated carbocycles. The molecule has 0 bridgehead atoms. The van der Waals surface area contributed by atoms with Gasteiger partial charge in [-0.15, -0.1) is 0 Å². The van der Waals surface area contributed by atoms with Gasteiger partial charge in [-0.05, 0) is 65.5 Å². The van der Waals surface area contributed by atoms with Crippen molar-refractivity contribution in [1.82, 2.24) is 4.90 Å². The molecule has 3 heteroatoms. The molecule has 1 aromatic carbocycles. The molecule has 0 aliphatic carbocycles. The van der Waals surface area contributed by atoms with Crippen molar-refractivity contribution in [3.63, 3.8) is 0 Å². The van der Waals surface area contributed by atoms with E-state index in [0.717, 1.165) is 12.5 Å². The van der Waals surface area contributed by atoms with E-state index in [1.165, 1.54) is 44.0 Å². The molecule has 0 amide bonds. The molecule has 94 valence electrons. The first-order valence-electron chi connectivity index (χ1n) is 6.35. The van der Waals surface area contributed by atoms with Crippen molar-refractivity contribution in [2.24, 2.45) is 5.92 Å². The molecule has 0 radical (unpaired) electrons. The van der Waals surface area contributed by atoms with Crippen LogP contribution >= 0.6 is 15.9 Å². The van der Waals surface area contributed by atoms with Crippen molar-refractivity contribution in [1.29, 1.82) is 0 Å². The molecule has 1 aromatic rings. The van der Waals surface area contributed by atoms with Gasteiger partial charge in [-0.2, -0.15) is 0 Å². The summed E-state index contributed by atoms with van der Waals surface area (Å²) >= 11 is 3.24. The van der Waals surface area contributed by atoms with E-state index >= 15 is 0 Å². The summed E-state index contributed by atoms with van der Waals surface area (Å²) in [7, 11) is 0. The standard InChI is InChI=1S/C14H19BrFN/c1-2-11-5-7-17(8-6-11)10-12-3-4-14(16)13(15)9-12/h3-4,9,11H,2,5-8,10H2,1H3. The van der Waals surface area contributed by atoms with E-state index in [1.807, 2.05) is 12.1 Å². The molecular formula is C14H19BrFN. The summed E-state index contributed by atoms with van der Waals surface area (Å²) in [5.41, 5.74) is 1.19. The monoisotopic (exact) mass is 299 g/mol. The van der Waals surface area contributed by atoms with Gasteiger partial charge in [-0.25, -0.2) is 4.39 Å². The normalized spacial score (nSPS) is 18.5. The molecule has 0 spiro atoms. The zero-order valence-corrected chi connectivity index (χ0v) is 11.8. The first-order valence-corrected chi connectivity index (χ1v) is 7.14. The van der Waals surface area contributed by atoms with E-state index in [1.54, 1.807) is 0 Å². The Morgan fingerprint density at radius 3 is 2.65 bits per heavy atom. The van der Waals surface area contributed by atoms with Crippen LogP contribution in [0.1, 0.15) is 31.7 Å². The Labute approximate surface area is 111 Å². The van der Waals surface area contributed by atoms with E-state index in [4.69, 9.17) is 0 Å². The lowest BCUT2D eigenvalue weighted by molar-refractivity contribution is 0.175. The Kier molecular flexibility index (Phi) is 4.57. The van der Waals surface area contributed by atoms with E-state index < -0.39 is 0 Å². The lowest BCUT2D eigenvalue weighted by Crippen LogP contribution is -2.32. The first-order chi connectivity index (χ1) is 8.19. The highest BCUT2D eigenvalue weighted by atomic mass is 79.9. The fourth-order valence-electron chi connectivity index (χ4n) is 2.45. The smallest absolute Gasteiger partial charge is 0.137 e. The largest absolute Gasteiger partial charge is 0.299 e. The van der Waals surface area contributed by atoms with E-state index in [2.05, 4.69) is 27.8 Å². The van der Waals surface area contributed by atoms with E-state index in [9.17, 15) is 4.39 Å². The second-order valence-corrected chi connectivity index (χ2v) is 5.73. The second-order valence-electron chi connectivity index (χ2n) is 4.88. The van der Waals surface area contributed by atoms with Crippen molar-refractivity contribution in [2.75, 3.05) is 13.1 Å². The number of piperidine rings is 1. The van der Waals surface area contributed by atoms with Crippen LogP contribution in [0.3, 0.4) is 0 Å². The molecule has 2 rings (SSSR count). The van der Waals surface area contributed by atoms with Crippen LogP contribution in [0.4, 0.5) is 4.39 Å². The molecular weight excluding hydrogens is 281 g/mol. The van der Waals surface area contributed by atoms with Gasteiger partial charge in [0.05, 0.1) is 4.47 Å². The zero-order chi connectivity index (χ0) is 12.3. The van der Waals surface area contributed by atoms with Crippen LogP contribution in [-0.2, 0) is 6.54 Å². The Morgan fingerprint density at radius 1 is 1.35 bits per heavy atom. The summed E-state index contributed by atoms with van der Waals surface area (Å²) in [5.74, 6) is 0.727. The predicted molar refractivity (Wildman–Crippen MR) is 72.4 cm³/mol. The van der Waals surface area contributed by atoms with Gasteiger partial charge in [0.2, 0.25) is 0 Å². The maximum Gasteiger partial charge on any atom is 0.137 e. The Balaban J connectivity index is 1.91. The number of likely N-dealkylation sites (tertiary alicyclic amines) is 1. The average Bonchev–Trinajstić information content (AvgIpc) is 2.35. The molecule has 1 fully saturated rings. The van der Waals surface area contributed by atoms with E-state index in [0.29, 0.717) is 4.47 Å². The van der Waals surface area contributed by atoms with Crippen LogP contribution in [0.15, 0.2) is 22.7 Å². The number of nitrogens with zero attached hydrogens (tertiary/aromatic N) is 1. The predicted octanol–water partition coefficient (Wildman–Crippen LogP) is 4.21. The van der Waals surface area contributed by atoms with Crippen LogP contribution in [0.25, 0.3) is 0 Å². The lowest BCUT2D eigenvalue weighted by atomic mass is 9.94. The van der Waals surface area contributed by atoms with Crippen molar-refractivity contribution in [3.8, 4) is 0 Å². The van der Waals surface area contributed by atoms with Crippen molar-refractivity contribution >= 4 is 15.9 Å². The fourth-order valence-corrected chi connectivity index (χ4v) is 2.88. The molecule has 1 aliphatic rings. The topological polar surface area (TPSA) is 3.24 Å². The minimum absolute atomic E-state index is 0.182. The highest BCUT2D eigenvalue weighted by Gasteiger charge is 2.17. The summed E-state index contributed by atoms with van der Waals surface area (Å²) in [6.45, 7) is 5.56. The van der Waals surface area contributed by atoms with Crippen molar-refractivity contribution in [2.45, 2.75) is 32.7 Å². The number of benzene rings is 1. The molecule has 0 atom stereocenters. The number of halogens is 2. The third kappa shape index (κ3) is 3.52. The van der Waals surface area contributed by atoms with Crippen LogP contribution in [-0.4, -0.2) is 18.0 Å². The molecule has 0 N–H and O–H groups in total. The van der Waals surface area contributed by atoms with Gasteiger partial charge >= 0.3 is 0 Å². The van der Waals surface area contributed by atoms with Gasteiger partial charge in [0.1, 0.15) is 5.82 Å².